The summed E-state index contributed by atoms with van der Waals surface area (Å²) in [6.07, 6.45) is 11.7. The zero-order valence-corrected chi connectivity index (χ0v) is 23.1. The summed E-state index contributed by atoms with van der Waals surface area (Å²) in [6.45, 7) is 5.30. The van der Waals surface area contributed by atoms with E-state index in [0.29, 0.717) is 30.3 Å². The monoisotopic (exact) mass is 516 g/mol. The van der Waals surface area contributed by atoms with Gasteiger partial charge in [-0.2, -0.15) is 0 Å². The largest absolute Gasteiger partial charge is 0.352 e. The van der Waals surface area contributed by atoms with Gasteiger partial charge in [0.25, 0.3) is 0 Å². The Morgan fingerprint density at radius 3 is 2.54 bits per heavy atom. The van der Waals surface area contributed by atoms with Gasteiger partial charge in [-0.1, -0.05) is 91.9 Å². The van der Waals surface area contributed by atoms with Gasteiger partial charge in [0, 0.05) is 24.5 Å². The van der Waals surface area contributed by atoms with Crippen molar-refractivity contribution in [1.29, 1.82) is 0 Å². The predicted octanol–water partition coefficient (Wildman–Crippen LogP) is 7.23. The number of benzene rings is 3. The lowest BCUT2D eigenvalue weighted by atomic mass is 9.67. The highest BCUT2D eigenvalue weighted by Crippen LogP contribution is 2.57. The summed E-state index contributed by atoms with van der Waals surface area (Å²) in [5.41, 5.74) is 6.52. The van der Waals surface area contributed by atoms with Gasteiger partial charge in [0.1, 0.15) is 0 Å². The van der Waals surface area contributed by atoms with Crippen LogP contribution in [-0.4, -0.2) is 29.9 Å². The summed E-state index contributed by atoms with van der Waals surface area (Å²) in [4.78, 5) is 16.6. The molecule has 7 rings (SSSR count). The molecule has 39 heavy (non-hydrogen) atoms. The lowest BCUT2D eigenvalue weighted by Gasteiger charge is -2.46. The quantitative estimate of drug-likeness (QED) is 0.375. The first-order valence-electron chi connectivity index (χ1n) is 15.0. The van der Waals surface area contributed by atoms with Gasteiger partial charge in [-0.15, -0.1) is 0 Å². The van der Waals surface area contributed by atoms with E-state index in [4.69, 9.17) is 0 Å². The van der Waals surface area contributed by atoms with Crippen molar-refractivity contribution in [3.05, 3.63) is 102 Å². The number of allylic oxidation sites excluding steroid dienone is 1. The van der Waals surface area contributed by atoms with Gasteiger partial charge in [0.05, 0.1) is 5.41 Å². The Labute approximate surface area is 233 Å². The molecule has 1 heterocycles. The Balaban J connectivity index is 1.02. The van der Waals surface area contributed by atoms with Crippen LogP contribution in [0.5, 0.6) is 0 Å². The van der Waals surface area contributed by atoms with Crippen molar-refractivity contribution in [2.45, 2.75) is 63.5 Å². The van der Waals surface area contributed by atoms with Gasteiger partial charge < -0.3 is 5.32 Å². The Morgan fingerprint density at radius 2 is 1.72 bits per heavy atom. The second kappa shape index (κ2) is 9.78. The van der Waals surface area contributed by atoms with E-state index >= 15 is 0 Å². The van der Waals surface area contributed by atoms with Gasteiger partial charge in [-0.3, -0.25) is 9.69 Å². The molecule has 4 atom stereocenters. The summed E-state index contributed by atoms with van der Waals surface area (Å²) < 4.78 is 0. The zero-order chi connectivity index (χ0) is 26.5. The number of fused-ring (bicyclic) bond motifs is 2. The molecule has 3 heteroatoms. The molecule has 3 nitrogen and oxygen atoms in total. The first kappa shape index (κ1) is 24.8. The number of amides is 1. The van der Waals surface area contributed by atoms with Crippen molar-refractivity contribution in [1.82, 2.24) is 10.2 Å². The van der Waals surface area contributed by atoms with Crippen LogP contribution in [0.3, 0.4) is 0 Å². The van der Waals surface area contributed by atoms with Crippen LogP contribution >= 0.6 is 0 Å². The third kappa shape index (κ3) is 4.36. The van der Waals surface area contributed by atoms with E-state index in [9.17, 15) is 4.79 Å². The second-order valence-electron chi connectivity index (χ2n) is 12.7. The summed E-state index contributed by atoms with van der Waals surface area (Å²) >= 11 is 0. The summed E-state index contributed by atoms with van der Waals surface area (Å²) in [5, 5.41) is 3.40. The fraction of sp³-hybridized carbons (Fsp3) is 0.417. The minimum absolute atomic E-state index is 0.181. The van der Waals surface area contributed by atoms with Gasteiger partial charge in [-0.05, 0) is 90.8 Å². The molecule has 4 aliphatic rings. The Kier molecular flexibility index (Phi) is 6.23. The number of rotatable bonds is 6. The molecule has 3 aliphatic carbocycles. The number of piperidine rings is 1. The molecule has 1 amide bonds. The SMILES string of the molecule is C[C@H]1CN(C2CCC(C(=O)NCc3cccc(-c4ccccc4)c3)(C3CC3)C2)CC[C@@]12C=Cc1ccccc12. The van der Waals surface area contributed by atoms with Gasteiger partial charge in [0.2, 0.25) is 5.91 Å². The van der Waals surface area contributed by atoms with Crippen molar-refractivity contribution in [2.75, 3.05) is 13.1 Å². The van der Waals surface area contributed by atoms with E-state index in [0.717, 1.165) is 32.4 Å². The maximum absolute atomic E-state index is 13.9. The number of nitrogens with one attached hydrogen (secondary N) is 1. The minimum atomic E-state index is -0.181. The number of likely N-dealkylation sites (tertiary alicyclic amines) is 1. The highest BCUT2D eigenvalue weighted by Gasteiger charge is 2.56. The number of hydrogen-bond acceptors (Lipinski definition) is 2. The molecule has 1 saturated heterocycles. The fourth-order valence-electron chi connectivity index (χ4n) is 8.16. The first-order chi connectivity index (χ1) is 19.1. The highest BCUT2D eigenvalue weighted by atomic mass is 16.2. The van der Waals surface area contributed by atoms with E-state index in [-0.39, 0.29) is 10.8 Å². The van der Waals surface area contributed by atoms with Crippen molar-refractivity contribution in [2.24, 2.45) is 17.3 Å². The van der Waals surface area contributed by atoms with E-state index in [1.54, 1.807) is 0 Å². The average Bonchev–Trinajstić information content (AvgIpc) is 3.64. The van der Waals surface area contributed by atoms with Crippen LogP contribution in [0, 0.1) is 17.3 Å². The van der Waals surface area contributed by atoms with Gasteiger partial charge in [-0.25, -0.2) is 0 Å². The molecule has 3 fully saturated rings. The van der Waals surface area contributed by atoms with Gasteiger partial charge in [0.15, 0.2) is 0 Å². The van der Waals surface area contributed by atoms with Crippen molar-refractivity contribution in [3.63, 3.8) is 0 Å². The van der Waals surface area contributed by atoms with Crippen LogP contribution in [0.2, 0.25) is 0 Å². The van der Waals surface area contributed by atoms with Gasteiger partial charge >= 0.3 is 0 Å². The lowest BCUT2D eigenvalue weighted by Crippen LogP contribution is -2.51. The van der Waals surface area contributed by atoms with Crippen LogP contribution in [-0.2, 0) is 16.8 Å². The molecular formula is C36H40N2O. The van der Waals surface area contributed by atoms with E-state index in [2.05, 4.69) is 102 Å². The molecule has 1 N–H and O–H groups in total. The molecule has 1 aliphatic heterocycles. The number of hydrogen-bond donors (Lipinski definition) is 1. The van der Waals surface area contributed by atoms with E-state index in [1.807, 2.05) is 6.07 Å². The Morgan fingerprint density at radius 1 is 0.923 bits per heavy atom. The molecular weight excluding hydrogens is 476 g/mol. The average molecular weight is 517 g/mol. The van der Waals surface area contributed by atoms with Crippen LogP contribution < -0.4 is 5.32 Å². The number of carbonyl (C=O) groups excluding carboxylic acids is 1. The summed E-state index contributed by atoms with van der Waals surface area (Å²) in [7, 11) is 0. The van der Waals surface area contributed by atoms with Crippen LogP contribution in [0.1, 0.15) is 62.1 Å². The smallest absolute Gasteiger partial charge is 0.226 e. The molecule has 200 valence electrons. The Hall–Kier alpha value is -3.17. The molecule has 1 spiro atoms. The standard InChI is InChI=1S/C36H40N2O/c1-26-25-38(21-20-35(26)18-16-29-11-5-6-13-33(29)35)32-17-19-36(23-32,31-14-15-31)34(39)37-24-27-8-7-12-30(22-27)28-9-3-2-4-10-28/h2-13,16,18,22,26,31-32H,14-15,17,19-21,23-25H2,1H3,(H,37,39)/t26-,32?,35-,36?/m0/s1. The highest BCUT2D eigenvalue weighted by molar-refractivity contribution is 5.84. The molecule has 2 saturated carbocycles. The molecule has 3 aromatic carbocycles. The molecule has 3 aromatic rings. The second-order valence-corrected chi connectivity index (χ2v) is 12.7. The predicted molar refractivity (Wildman–Crippen MR) is 159 cm³/mol. The van der Waals surface area contributed by atoms with Crippen LogP contribution in [0.25, 0.3) is 17.2 Å². The minimum Gasteiger partial charge on any atom is -0.352 e. The van der Waals surface area contributed by atoms with Crippen molar-refractivity contribution in [3.8, 4) is 11.1 Å². The van der Waals surface area contributed by atoms with Crippen molar-refractivity contribution >= 4 is 12.0 Å². The summed E-state index contributed by atoms with van der Waals surface area (Å²) in [5.74, 6) is 1.44. The fourth-order valence-corrected chi connectivity index (χ4v) is 8.16. The number of carbonyl (C=O) groups is 1. The molecule has 0 radical (unpaired) electrons. The molecule has 0 bridgehead atoms. The first-order valence-corrected chi connectivity index (χ1v) is 15.0. The molecule has 0 aromatic heterocycles. The third-order valence-corrected chi connectivity index (χ3v) is 10.6. The topological polar surface area (TPSA) is 32.3 Å². The normalized spacial score (nSPS) is 30.0. The number of nitrogens with zero attached hydrogens (tertiary/aromatic N) is 1. The third-order valence-electron chi connectivity index (χ3n) is 10.6. The van der Waals surface area contributed by atoms with Crippen LogP contribution in [0.15, 0.2) is 84.9 Å². The van der Waals surface area contributed by atoms with E-state index in [1.165, 1.54) is 47.1 Å². The van der Waals surface area contributed by atoms with E-state index < -0.39 is 0 Å². The van der Waals surface area contributed by atoms with Crippen LogP contribution in [0.4, 0.5) is 0 Å². The summed E-state index contributed by atoms with van der Waals surface area (Å²) in [6, 6.07) is 28.6. The maximum atomic E-state index is 13.9. The Bertz CT molecular complexity index is 1390. The maximum Gasteiger partial charge on any atom is 0.226 e. The van der Waals surface area contributed by atoms with Crippen molar-refractivity contribution < 1.29 is 4.79 Å². The zero-order valence-electron chi connectivity index (χ0n) is 23.1. The molecule has 2 unspecified atom stereocenters. The lowest BCUT2D eigenvalue weighted by molar-refractivity contribution is -0.132.